The summed E-state index contributed by atoms with van der Waals surface area (Å²) in [5.41, 5.74) is 1.16. The number of aryl methyl sites for hydroxylation is 2. The van der Waals surface area contributed by atoms with Gasteiger partial charge < -0.3 is 0 Å². The molecule has 4 heteroatoms. The Balaban J connectivity index is 2.40. The lowest BCUT2D eigenvalue weighted by molar-refractivity contribution is 0.520. The van der Waals surface area contributed by atoms with Crippen LogP contribution in [-0.4, -0.2) is 15.0 Å². The Morgan fingerprint density at radius 2 is 1.93 bits per heavy atom. The Bertz CT molecular complexity index is 283. The average molecular weight is 321 g/mol. The summed E-state index contributed by atoms with van der Waals surface area (Å²) in [6.45, 7) is 5.43. The maximum absolute atomic E-state index is 4.21. The van der Waals surface area contributed by atoms with Gasteiger partial charge in [0.15, 0.2) is 0 Å². The highest BCUT2D eigenvalue weighted by Crippen LogP contribution is 2.12. The number of rotatable bonds is 7. The first-order chi connectivity index (χ1) is 7.29. The van der Waals surface area contributed by atoms with E-state index in [1.54, 1.807) is 0 Å². The van der Waals surface area contributed by atoms with Crippen molar-refractivity contribution in [2.24, 2.45) is 0 Å². The highest BCUT2D eigenvalue weighted by atomic mass is 127. The highest BCUT2D eigenvalue weighted by molar-refractivity contribution is 14.1. The fourth-order valence-corrected chi connectivity index (χ4v) is 2.27. The summed E-state index contributed by atoms with van der Waals surface area (Å²) in [5, 5.41) is 8.40. The van der Waals surface area contributed by atoms with Crippen LogP contribution >= 0.6 is 22.6 Å². The second-order valence-electron chi connectivity index (χ2n) is 3.86. The minimum Gasteiger partial charge on any atom is -0.239 e. The largest absolute Gasteiger partial charge is 0.239 e. The molecule has 0 saturated heterocycles. The summed E-state index contributed by atoms with van der Waals surface area (Å²) in [5.74, 6) is 0. The topological polar surface area (TPSA) is 30.7 Å². The molecule has 0 aliphatic carbocycles. The minimum atomic E-state index is 1.02. The standard InChI is InChI=1S/C11H20IN3/c1-3-5-6-7-9-15-11(12)10(8-4-2)13-14-15/h3-9H2,1-2H3. The number of hydrogen-bond donors (Lipinski definition) is 0. The number of unbranched alkanes of at least 4 members (excludes halogenated alkanes) is 3. The van der Waals surface area contributed by atoms with Crippen molar-refractivity contribution in [1.82, 2.24) is 15.0 Å². The Labute approximate surface area is 106 Å². The van der Waals surface area contributed by atoms with Gasteiger partial charge >= 0.3 is 0 Å². The van der Waals surface area contributed by atoms with Gasteiger partial charge in [0.05, 0.1) is 5.69 Å². The van der Waals surface area contributed by atoms with Crippen molar-refractivity contribution < 1.29 is 0 Å². The molecule has 0 unspecified atom stereocenters. The maximum atomic E-state index is 4.21. The van der Waals surface area contributed by atoms with Gasteiger partial charge in [-0.3, -0.25) is 0 Å². The van der Waals surface area contributed by atoms with Crippen LogP contribution in [0.25, 0.3) is 0 Å². The average Bonchev–Trinajstić information content (AvgIpc) is 2.57. The van der Waals surface area contributed by atoms with E-state index < -0.39 is 0 Å². The molecule has 3 nitrogen and oxygen atoms in total. The summed E-state index contributed by atoms with van der Waals surface area (Å²) in [6, 6.07) is 0. The third-order valence-electron chi connectivity index (χ3n) is 2.45. The van der Waals surface area contributed by atoms with Gasteiger partial charge in [0.2, 0.25) is 0 Å². The van der Waals surface area contributed by atoms with Gasteiger partial charge in [-0.2, -0.15) is 0 Å². The van der Waals surface area contributed by atoms with E-state index in [4.69, 9.17) is 0 Å². The summed E-state index contributed by atoms with van der Waals surface area (Å²) in [6.07, 6.45) is 7.33. The first-order valence-electron chi connectivity index (χ1n) is 5.87. The molecule has 0 aromatic carbocycles. The molecule has 0 aliphatic heterocycles. The predicted molar refractivity (Wildman–Crippen MR) is 70.9 cm³/mol. The fourth-order valence-electron chi connectivity index (χ4n) is 1.56. The van der Waals surface area contributed by atoms with E-state index in [-0.39, 0.29) is 0 Å². The van der Waals surface area contributed by atoms with E-state index in [1.165, 1.54) is 29.4 Å². The molecule has 0 aliphatic rings. The summed E-state index contributed by atoms with van der Waals surface area (Å²) in [7, 11) is 0. The van der Waals surface area contributed by atoms with Gasteiger partial charge in [0.25, 0.3) is 0 Å². The Morgan fingerprint density at radius 1 is 1.13 bits per heavy atom. The molecular formula is C11H20IN3. The van der Waals surface area contributed by atoms with Crippen LogP contribution < -0.4 is 0 Å². The van der Waals surface area contributed by atoms with E-state index in [9.17, 15) is 0 Å². The Kier molecular flexibility index (Phi) is 6.20. The number of aromatic nitrogens is 3. The zero-order chi connectivity index (χ0) is 11.1. The smallest absolute Gasteiger partial charge is 0.122 e. The van der Waals surface area contributed by atoms with E-state index in [0.29, 0.717) is 0 Å². The summed E-state index contributed by atoms with van der Waals surface area (Å²) >= 11 is 2.36. The van der Waals surface area contributed by atoms with Gasteiger partial charge in [-0.05, 0) is 35.4 Å². The Hall–Kier alpha value is -0.130. The van der Waals surface area contributed by atoms with Crippen molar-refractivity contribution in [3.63, 3.8) is 0 Å². The number of halogens is 1. The molecular weight excluding hydrogens is 301 g/mol. The molecule has 1 rings (SSSR count). The molecule has 0 radical (unpaired) electrons. The van der Waals surface area contributed by atoms with Gasteiger partial charge in [-0.25, -0.2) is 4.68 Å². The second kappa shape index (κ2) is 7.19. The molecule has 1 aromatic rings. The summed E-state index contributed by atoms with van der Waals surface area (Å²) in [4.78, 5) is 0. The van der Waals surface area contributed by atoms with Gasteiger partial charge in [0.1, 0.15) is 3.70 Å². The molecule has 0 spiro atoms. The molecule has 0 atom stereocenters. The minimum absolute atomic E-state index is 1.02. The van der Waals surface area contributed by atoms with Crippen molar-refractivity contribution in [3.05, 3.63) is 9.39 Å². The molecule has 15 heavy (non-hydrogen) atoms. The molecule has 86 valence electrons. The van der Waals surface area contributed by atoms with E-state index >= 15 is 0 Å². The Morgan fingerprint density at radius 3 is 2.60 bits per heavy atom. The zero-order valence-corrected chi connectivity index (χ0v) is 11.8. The lowest BCUT2D eigenvalue weighted by atomic mass is 10.2. The van der Waals surface area contributed by atoms with Crippen molar-refractivity contribution >= 4 is 22.6 Å². The van der Waals surface area contributed by atoms with Gasteiger partial charge in [0, 0.05) is 6.54 Å². The van der Waals surface area contributed by atoms with Crippen molar-refractivity contribution in [2.75, 3.05) is 0 Å². The lowest BCUT2D eigenvalue weighted by Crippen LogP contribution is -2.03. The highest BCUT2D eigenvalue weighted by Gasteiger charge is 2.07. The predicted octanol–water partition coefficient (Wildman–Crippen LogP) is 3.42. The van der Waals surface area contributed by atoms with Gasteiger partial charge in [-0.15, -0.1) is 5.10 Å². The normalized spacial score (nSPS) is 10.9. The fraction of sp³-hybridized carbons (Fsp3) is 0.818. The van der Waals surface area contributed by atoms with Gasteiger partial charge in [-0.1, -0.05) is 44.7 Å². The zero-order valence-electron chi connectivity index (χ0n) is 9.67. The molecule has 0 bridgehead atoms. The molecule has 0 amide bonds. The van der Waals surface area contributed by atoms with E-state index in [0.717, 1.165) is 25.1 Å². The molecule has 1 heterocycles. The van der Waals surface area contributed by atoms with Crippen LogP contribution in [-0.2, 0) is 13.0 Å². The van der Waals surface area contributed by atoms with Crippen molar-refractivity contribution in [2.45, 2.75) is 58.9 Å². The van der Waals surface area contributed by atoms with Crippen LogP contribution in [0.2, 0.25) is 0 Å². The third kappa shape index (κ3) is 4.09. The molecule has 0 saturated carbocycles. The quantitative estimate of drug-likeness (QED) is 0.569. The second-order valence-corrected chi connectivity index (χ2v) is 4.88. The SMILES string of the molecule is CCCCCCn1nnc(CCC)c1I. The van der Waals surface area contributed by atoms with E-state index in [2.05, 4.69) is 46.8 Å². The maximum Gasteiger partial charge on any atom is 0.122 e. The van der Waals surface area contributed by atoms with Crippen LogP contribution in [0, 0.1) is 3.70 Å². The van der Waals surface area contributed by atoms with Crippen LogP contribution in [0.5, 0.6) is 0 Å². The van der Waals surface area contributed by atoms with Crippen molar-refractivity contribution in [1.29, 1.82) is 0 Å². The third-order valence-corrected chi connectivity index (χ3v) is 3.63. The molecule has 1 aromatic heterocycles. The molecule has 0 N–H and O–H groups in total. The number of nitrogens with zero attached hydrogens (tertiary/aromatic N) is 3. The molecule has 0 fully saturated rings. The first kappa shape index (κ1) is 12.9. The lowest BCUT2D eigenvalue weighted by Gasteiger charge is -2.01. The first-order valence-corrected chi connectivity index (χ1v) is 6.95. The monoisotopic (exact) mass is 321 g/mol. The van der Waals surface area contributed by atoms with Crippen LogP contribution in [0.3, 0.4) is 0 Å². The van der Waals surface area contributed by atoms with Crippen LogP contribution in [0.4, 0.5) is 0 Å². The van der Waals surface area contributed by atoms with Crippen LogP contribution in [0.1, 0.15) is 51.6 Å². The number of hydrogen-bond acceptors (Lipinski definition) is 2. The summed E-state index contributed by atoms with van der Waals surface area (Å²) < 4.78 is 3.27. The van der Waals surface area contributed by atoms with Crippen LogP contribution in [0.15, 0.2) is 0 Å². The van der Waals surface area contributed by atoms with Crippen molar-refractivity contribution in [3.8, 4) is 0 Å². The van der Waals surface area contributed by atoms with E-state index in [1.807, 2.05) is 4.68 Å².